The molecule has 2 aromatic carbocycles. The molecule has 4 heteroatoms. The second-order valence-electron chi connectivity index (χ2n) is 4.64. The first-order chi connectivity index (χ1) is 9.74. The predicted octanol–water partition coefficient (Wildman–Crippen LogP) is 3.75. The van der Waals surface area contributed by atoms with E-state index in [1.54, 1.807) is 12.1 Å². The highest BCUT2D eigenvalue weighted by atomic mass is 16.6. The molecule has 0 saturated carbocycles. The summed E-state index contributed by atoms with van der Waals surface area (Å²) in [6, 6.07) is 16.5. The number of nitro groups is 1. The molecule has 0 unspecified atom stereocenters. The van der Waals surface area contributed by atoms with E-state index in [0.29, 0.717) is 0 Å². The number of epoxide rings is 1. The average molecular weight is 267 g/mol. The van der Waals surface area contributed by atoms with Gasteiger partial charge in [-0.15, -0.1) is 0 Å². The number of ether oxygens (including phenoxy) is 1. The number of nitro benzene ring substituents is 1. The molecule has 0 amide bonds. The summed E-state index contributed by atoms with van der Waals surface area (Å²) in [5.41, 5.74) is 2.20. The van der Waals surface area contributed by atoms with Crippen molar-refractivity contribution in [3.8, 4) is 0 Å². The molecule has 1 aliphatic rings. The van der Waals surface area contributed by atoms with E-state index in [2.05, 4.69) is 0 Å². The van der Waals surface area contributed by atoms with E-state index in [4.69, 9.17) is 4.74 Å². The molecule has 1 heterocycles. The Morgan fingerprint density at radius 3 is 2.40 bits per heavy atom. The molecular weight excluding hydrogens is 254 g/mol. The standard InChI is InChI=1S/C16H13NO3/c18-17(19)14-9-7-13(8-10-14)16-15(20-16)11-6-12-4-2-1-3-5-12/h1-11,15-16H/b11-6+/t15-,16-/m1/s1. The lowest BCUT2D eigenvalue weighted by molar-refractivity contribution is -0.384. The topological polar surface area (TPSA) is 55.7 Å². The predicted molar refractivity (Wildman–Crippen MR) is 76.2 cm³/mol. The first-order valence-corrected chi connectivity index (χ1v) is 6.37. The van der Waals surface area contributed by atoms with Crippen LogP contribution in [-0.2, 0) is 4.74 Å². The Hall–Kier alpha value is -2.46. The third-order valence-corrected chi connectivity index (χ3v) is 3.24. The van der Waals surface area contributed by atoms with E-state index in [0.717, 1.165) is 11.1 Å². The van der Waals surface area contributed by atoms with Crippen LogP contribution in [0.4, 0.5) is 5.69 Å². The van der Waals surface area contributed by atoms with Crippen LogP contribution in [0, 0.1) is 10.1 Å². The maximum absolute atomic E-state index is 10.6. The lowest BCUT2D eigenvalue weighted by Gasteiger charge is -1.95. The third kappa shape index (κ3) is 2.75. The summed E-state index contributed by atoms with van der Waals surface area (Å²) in [6.07, 6.45) is 4.10. The molecule has 0 bridgehead atoms. The van der Waals surface area contributed by atoms with Gasteiger partial charge in [-0.25, -0.2) is 0 Å². The largest absolute Gasteiger partial charge is 0.360 e. The highest BCUT2D eigenvalue weighted by molar-refractivity contribution is 5.50. The van der Waals surface area contributed by atoms with Crippen molar-refractivity contribution >= 4 is 11.8 Å². The summed E-state index contributed by atoms with van der Waals surface area (Å²) in [5.74, 6) is 0. The van der Waals surface area contributed by atoms with Crippen LogP contribution in [0.5, 0.6) is 0 Å². The van der Waals surface area contributed by atoms with Gasteiger partial charge < -0.3 is 4.74 Å². The zero-order chi connectivity index (χ0) is 13.9. The molecular formula is C16H13NO3. The lowest BCUT2D eigenvalue weighted by Crippen LogP contribution is -1.89. The number of nitrogens with zero attached hydrogens (tertiary/aromatic N) is 1. The molecule has 1 aliphatic heterocycles. The van der Waals surface area contributed by atoms with Gasteiger partial charge in [-0.2, -0.15) is 0 Å². The van der Waals surface area contributed by atoms with Gasteiger partial charge in [0.2, 0.25) is 0 Å². The molecule has 20 heavy (non-hydrogen) atoms. The molecule has 0 radical (unpaired) electrons. The molecule has 3 rings (SSSR count). The normalized spacial score (nSPS) is 21.0. The number of benzene rings is 2. The number of non-ortho nitro benzene ring substituents is 1. The van der Waals surface area contributed by atoms with Crippen molar-refractivity contribution in [2.75, 3.05) is 0 Å². The number of rotatable bonds is 4. The van der Waals surface area contributed by atoms with E-state index in [-0.39, 0.29) is 17.9 Å². The summed E-state index contributed by atoms with van der Waals surface area (Å²) in [5, 5.41) is 10.6. The van der Waals surface area contributed by atoms with Crippen LogP contribution in [0.2, 0.25) is 0 Å². The number of hydrogen-bond donors (Lipinski definition) is 0. The second kappa shape index (κ2) is 5.27. The molecule has 2 atom stereocenters. The summed E-state index contributed by atoms with van der Waals surface area (Å²) in [4.78, 5) is 10.2. The minimum absolute atomic E-state index is 0.00997. The van der Waals surface area contributed by atoms with E-state index < -0.39 is 4.92 Å². The van der Waals surface area contributed by atoms with Crippen LogP contribution in [0.15, 0.2) is 60.7 Å². The number of hydrogen-bond acceptors (Lipinski definition) is 3. The summed E-state index contributed by atoms with van der Waals surface area (Å²) >= 11 is 0. The molecule has 0 N–H and O–H groups in total. The molecule has 4 nitrogen and oxygen atoms in total. The summed E-state index contributed by atoms with van der Waals surface area (Å²) < 4.78 is 5.57. The van der Waals surface area contributed by atoms with Crippen molar-refractivity contribution in [1.29, 1.82) is 0 Å². The van der Waals surface area contributed by atoms with Gasteiger partial charge in [-0.3, -0.25) is 10.1 Å². The van der Waals surface area contributed by atoms with Gasteiger partial charge in [0.05, 0.1) is 4.92 Å². The van der Waals surface area contributed by atoms with Gasteiger partial charge in [0.25, 0.3) is 5.69 Å². The van der Waals surface area contributed by atoms with Crippen LogP contribution in [0.25, 0.3) is 6.08 Å². The van der Waals surface area contributed by atoms with Crippen molar-refractivity contribution < 1.29 is 9.66 Å². The Bertz CT molecular complexity index is 635. The van der Waals surface area contributed by atoms with E-state index >= 15 is 0 Å². The van der Waals surface area contributed by atoms with Crippen molar-refractivity contribution in [3.05, 3.63) is 81.9 Å². The van der Waals surface area contributed by atoms with Crippen LogP contribution in [0.3, 0.4) is 0 Å². The first kappa shape index (κ1) is 12.6. The third-order valence-electron chi connectivity index (χ3n) is 3.24. The fraction of sp³-hybridized carbons (Fsp3) is 0.125. The maximum Gasteiger partial charge on any atom is 0.269 e. The van der Waals surface area contributed by atoms with Gasteiger partial charge in [0, 0.05) is 12.1 Å². The molecule has 0 spiro atoms. The molecule has 1 fully saturated rings. The average Bonchev–Trinajstić information content (AvgIpc) is 3.26. The van der Waals surface area contributed by atoms with E-state index in [1.807, 2.05) is 42.5 Å². The van der Waals surface area contributed by atoms with Gasteiger partial charge in [-0.05, 0) is 23.3 Å². The Kier molecular flexibility index (Phi) is 3.31. The van der Waals surface area contributed by atoms with Crippen molar-refractivity contribution in [1.82, 2.24) is 0 Å². The second-order valence-corrected chi connectivity index (χ2v) is 4.64. The van der Waals surface area contributed by atoms with Crippen molar-refractivity contribution in [2.24, 2.45) is 0 Å². The van der Waals surface area contributed by atoms with Gasteiger partial charge >= 0.3 is 0 Å². The molecule has 0 aromatic heterocycles. The lowest BCUT2D eigenvalue weighted by atomic mass is 10.1. The highest BCUT2D eigenvalue weighted by Crippen LogP contribution is 2.40. The van der Waals surface area contributed by atoms with Crippen molar-refractivity contribution in [2.45, 2.75) is 12.2 Å². The highest BCUT2D eigenvalue weighted by Gasteiger charge is 2.37. The SMILES string of the molecule is O=[N+]([O-])c1ccc([C@H]2O[C@@H]2/C=C/c2ccccc2)cc1. The van der Waals surface area contributed by atoms with Crippen LogP contribution in [0.1, 0.15) is 17.2 Å². The van der Waals surface area contributed by atoms with Gasteiger partial charge in [0.15, 0.2) is 0 Å². The molecule has 1 saturated heterocycles. The summed E-state index contributed by atoms with van der Waals surface area (Å²) in [6.45, 7) is 0. The van der Waals surface area contributed by atoms with Crippen LogP contribution < -0.4 is 0 Å². The Morgan fingerprint density at radius 1 is 1.05 bits per heavy atom. The zero-order valence-corrected chi connectivity index (χ0v) is 10.7. The fourth-order valence-corrected chi connectivity index (χ4v) is 2.09. The Balaban J connectivity index is 1.64. The van der Waals surface area contributed by atoms with E-state index in [9.17, 15) is 10.1 Å². The Morgan fingerprint density at radius 2 is 1.75 bits per heavy atom. The minimum atomic E-state index is -0.398. The van der Waals surface area contributed by atoms with Gasteiger partial charge in [0.1, 0.15) is 12.2 Å². The summed E-state index contributed by atoms with van der Waals surface area (Å²) in [7, 11) is 0. The van der Waals surface area contributed by atoms with E-state index in [1.165, 1.54) is 12.1 Å². The smallest absolute Gasteiger partial charge is 0.269 e. The first-order valence-electron chi connectivity index (χ1n) is 6.37. The zero-order valence-electron chi connectivity index (χ0n) is 10.7. The van der Waals surface area contributed by atoms with Gasteiger partial charge in [-0.1, -0.05) is 42.5 Å². The van der Waals surface area contributed by atoms with Crippen molar-refractivity contribution in [3.63, 3.8) is 0 Å². The molecule has 100 valence electrons. The van der Waals surface area contributed by atoms with Crippen LogP contribution in [-0.4, -0.2) is 11.0 Å². The minimum Gasteiger partial charge on any atom is -0.360 e. The fourth-order valence-electron chi connectivity index (χ4n) is 2.09. The van der Waals surface area contributed by atoms with Crippen LogP contribution >= 0.6 is 0 Å². The monoisotopic (exact) mass is 267 g/mol. The quantitative estimate of drug-likeness (QED) is 0.481. The Labute approximate surface area is 116 Å². The molecule has 0 aliphatic carbocycles. The molecule has 2 aromatic rings. The maximum atomic E-state index is 10.6.